The second kappa shape index (κ2) is 18.8. The minimum Gasteiger partial charge on any atom is -0.445 e. The van der Waals surface area contributed by atoms with Crippen LogP contribution in [0.5, 0.6) is 0 Å². The maximum atomic E-state index is 13.0. The summed E-state index contributed by atoms with van der Waals surface area (Å²) in [6.45, 7) is 16.9. The van der Waals surface area contributed by atoms with E-state index in [2.05, 4.69) is 33.9 Å². The second-order valence-corrected chi connectivity index (χ2v) is 12.1. The highest BCUT2D eigenvalue weighted by molar-refractivity contribution is 5.93. The minimum absolute atomic E-state index is 0.0500. The van der Waals surface area contributed by atoms with E-state index in [0.717, 1.165) is 17.6 Å². The summed E-state index contributed by atoms with van der Waals surface area (Å²) in [5.74, 6) is 5.05. The molecule has 1 aliphatic heterocycles. The van der Waals surface area contributed by atoms with E-state index < -0.39 is 35.9 Å². The van der Waals surface area contributed by atoms with Crippen molar-refractivity contribution in [2.45, 2.75) is 112 Å². The molecule has 0 aromatic carbocycles. The van der Waals surface area contributed by atoms with E-state index >= 15 is 0 Å². The Morgan fingerprint density at radius 1 is 1.16 bits per heavy atom. The Morgan fingerprint density at radius 2 is 1.84 bits per heavy atom. The fourth-order valence-electron chi connectivity index (χ4n) is 4.12. The highest BCUT2D eigenvalue weighted by atomic mass is 16.6. The number of hydrogen-bond donors (Lipinski definition) is 4. The molecule has 0 fully saturated rings. The van der Waals surface area contributed by atoms with E-state index in [1.54, 1.807) is 25.2 Å². The molecule has 1 heterocycles. The number of carbonyl (C=O) groups excluding carboxylic acids is 3. The lowest BCUT2D eigenvalue weighted by Gasteiger charge is -2.29. The van der Waals surface area contributed by atoms with E-state index in [1.165, 1.54) is 12.3 Å². The summed E-state index contributed by atoms with van der Waals surface area (Å²) in [6, 6.07) is -0.842. The van der Waals surface area contributed by atoms with Crippen LogP contribution in [0.2, 0.25) is 0 Å². The normalized spacial score (nSPS) is 19.9. The van der Waals surface area contributed by atoms with Gasteiger partial charge in [-0.1, -0.05) is 75.6 Å². The van der Waals surface area contributed by atoms with Gasteiger partial charge in [0.2, 0.25) is 11.8 Å². The third kappa shape index (κ3) is 15.4. The van der Waals surface area contributed by atoms with Crippen molar-refractivity contribution >= 4 is 17.9 Å². The molecule has 0 aromatic rings. The van der Waals surface area contributed by atoms with Gasteiger partial charge in [-0.05, 0) is 58.2 Å². The van der Waals surface area contributed by atoms with Crippen LogP contribution in [-0.4, -0.2) is 53.6 Å². The van der Waals surface area contributed by atoms with E-state index in [4.69, 9.17) is 9.47 Å². The zero-order chi connectivity index (χ0) is 32.6. The van der Waals surface area contributed by atoms with E-state index in [9.17, 15) is 19.5 Å². The molecule has 43 heavy (non-hydrogen) atoms. The molecule has 238 valence electrons. The number of nitrogens with one attached hydrogen (secondary N) is 3. The number of hydrogen-bond acceptors (Lipinski definition) is 6. The van der Waals surface area contributed by atoms with Crippen LogP contribution in [0.4, 0.5) is 4.79 Å². The summed E-state index contributed by atoms with van der Waals surface area (Å²) in [5.41, 5.74) is 1.28. The number of amides is 3. The molecule has 0 saturated carbocycles. The molecule has 5 atom stereocenters. The van der Waals surface area contributed by atoms with Gasteiger partial charge in [-0.2, -0.15) is 0 Å². The van der Waals surface area contributed by atoms with Crippen LogP contribution in [-0.2, 0) is 19.1 Å². The zero-order valence-corrected chi connectivity index (χ0v) is 27.2. The molecule has 0 aliphatic carbocycles. The maximum Gasteiger partial charge on any atom is 0.407 e. The van der Waals surface area contributed by atoms with Crippen molar-refractivity contribution in [1.29, 1.82) is 0 Å². The molecule has 0 aromatic heterocycles. The van der Waals surface area contributed by atoms with Gasteiger partial charge in [0.1, 0.15) is 12.1 Å². The fraction of sp³-hybridized carbons (Fsp3) is 0.559. The molecule has 1 aliphatic rings. The van der Waals surface area contributed by atoms with E-state index in [0.29, 0.717) is 12.8 Å². The summed E-state index contributed by atoms with van der Waals surface area (Å²) < 4.78 is 11.1. The largest absolute Gasteiger partial charge is 0.445 e. The van der Waals surface area contributed by atoms with Gasteiger partial charge in [-0.3, -0.25) is 9.59 Å². The van der Waals surface area contributed by atoms with Gasteiger partial charge in [-0.15, -0.1) is 5.92 Å². The van der Waals surface area contributed by atoms with E-state index in [-0.39, 0.29) is 24.0 Å². The van der Waals surface area contributed by atoms with Crippen LogP contribution in [0, 0.1) is 23.2 Å². The fourth-order valence-corrected chi connectivity index (χ4v) is 4.12. The Morgan fingerprint density at radius 3 is 2.44 bits per heavy atom. The molecule has 0 unspecified atom stereocenters. The number of ether oxygens (including phenoxy) is 2. The van der Waals surface area contributed by atoms with Crippen molar-refractivity contribution in [2.75, 3.05) is 0 Å². The summed E-state index contributed by atoms with van der Waals surface area (Å²) in [6.07, 6.45) is 13.4. The van der Waals surface area contributed by atoms with Crippen molar-refractivity contribution < 1.29 is 29.0 Å². The lowest BCUT2D eigenvalue weighted by Crippen LogP contribution is -2.52. The predicted molar refractivity (Wildman–Crippen MR) is 170 cm³/mol. The number of carbonyl (C=O) groups is 3. The minimum atomic E-state index is -0.858. The Labute approximate surface area is 257 Å². The third-order valence-corrected chi connectivity index (χ3v) is 6.54. The van der Waals surface area contributed by atoms with E-state index in [1.807, 2.05) is 67.5 Å². The number of allylic oxidation sites excluding steroid dienone is 4. The molecular weight excluding hydrogens is 546 g/mol. The summed E-state index contributed by atoms with van der Waals surface area (Å²) in [4.78, 5) is 37.6. The molecule has 1 rings (SSSR count). The van der Waals surface area contributed by atoms with Gasteiger partial charge < -0.3 is 30.5 Å². The Balaban J connectivity index is 2.70. The molecule has 9 nitrogen and oxygen atoms in total. The average Bonchev–Trinajstić information content (AvgIpc) is 2.90. The molecule has 0 bridgehead atoms. The maximum absolute atomic E-state index is 13.0. The molecule has 0 saturated heterocycles. The van der Waals surface area contributed by atoms with Crippen LogP contribution >= 0.6 is 0 Å². The number of rotatable bonds is 13. The van der Waals surface area contributed by atoms with Crippen molar-refractivity contribution in [3.63, 3.8) is 0 Å². The molecule has 9 heteroatoms. The van der Waals surface area contributed by atoms with Crippen LogP contribution in [0.15, 0.2) is 59.9 Å². The standard InChI is InChI=1S/C34H51N3O6/c1-10-11-16-27(42-33(41)36-23(2)3)17-14-21-35-31(39)30(34(7,8)9)37-29(38)18-13-12-15-24(4)22-26(6)28-20-19-25(5)32(40)43-28/h12-15,18-19,21-23,26-28,30,32,40H,16-17,20H2,1-9H3,(H,35,39)(H,36,41)(H,37,38)/b15-12-,18-13-,21-14-,24-22+/t26-,27-,28-,30+,32+/m0/s1. The van der Waals surface area contributed by atoms with Gasteiger partial charge in [0.05, 0.1) is 6.10 Å². The lowest BCUT2D eigenvalue weighted by atomic mass is 9.86. The summed E-state index contributed by atoms with van der Waals surface area (Å²) >= 11 is 0. The third-order valence-electron chi connectivity index (χ3n) is 6.54. The smallest absolute Gasteiger partial charge is 0.407 e. The molecule has 0 radical (unpaired) electrons. The number of aliphatic hydroxyl groups excluding tert-OH is 1. The van der Waals surface area contributed by atoms with Crippen LogP contribution in [0.3, 0.4) is 0 Å². The topological polar surface area (TPSA) is 126 Å². The molecule has 4 N–H and O–H groups in total. The van der Waals surface area contributed by atoms with Crippen molar-refractivity contribution in [2.24, 2.45) is 11.3 Å². The molecule has 3 amide bonds. The predicted octanol–water partition coefficient (Wildman–Crippen LogP) is 5.20. The number of alkyl carbamates (subject to hydrolysis) is 1. The van der Waals surface area contributed by atoms with Crippen molar-refractivity contribution in [3.8, 4) is 11.8 Å². The zero-order valence-electron chi connectivity index (χ0n) is 27.2. The van der Waals surface area contributed by atoms with Crippen LogP contribution in [0.1, 0.15) is 81.6 Å². The van der Waals surface area contributed by atoms with Gasteiger partial charge in [-0.25, -0.2) is 4.79 Å². The Bertz CT molecular complexity index is 1150. The molecular formula is C34H51N3O6. The first-order chi connectivity index (χ1) is 20.1. The summed E-state index contributed by atoms with van der Waals surface area (Å²) in [7, 11) is 0. The van der Waals surface area contributed by atoms with Gasteiger partial charge in [0.15, 0.2) is 6.29 Å². The Kier molecular flexibility index (Phi) is 16.4. The monoisotopic (exact) mass is 597 g/mol. The second-order valence-electron chi connectivity index (χ2n) is 12.1. The summed E-state index contributed by atoms with van der Waals surface area (Å²) in [5, 5.41) is 18.1. The highest BCUT2D eigenvalue weighted by Gasteiger charge is 2.32. The number of aliphatic hydroxyl groups is 1. The van der Waals surface area contributed by atoms with Crippen molar-refractivity contribution in [3.05, 3.63) is 59.9 Å². The first-order valence-corrected chi connectivity index (χ1v) is 14.8. The van der Waals surface area contributed by atoms with Crippen LogP contribution in [0.25, 0.3) is 0 Å². The quantitative estimate of drug-likeness (QED) is 0.100. The first kappa shape index (κ1) is 37.4. The lowest BCUT2D eigenvalue weighted by molar-refractivity contribution is -0.129. The van der Waals surface area contributed by atoms with Gasteiger partial charge in [0.25, 0.3) is 0 Å². The van der Waals surface area contributed by atoms with Gasteiger partial charge >= 0.3 is 6.09 Å². The first-order valence-electron chi connectivity index (χ1n) is 14.8. The van der Waals surface area contributed by atoms with Crippen molar-refractivity contribution in [1.82, 2.24) is 16.0 Å². The van der Waals surface area contributed by atoms with Gasteiger partial charge in [0, 0.05) is 30.9 Å². The average molecular weight is 598 g/mol. The highest BCUT2D eigenvalue weighted by Crippen LogP contribution is 2.24. The molecule has 0 spiro atoms. The SMILES string of the molecule is CC#CC[C@@H](C/C=C\NC(=O)[C@@H](NC(=O)\C=C/C=C\C(C)=C\[C@H](C)[C@@H]1CC=C(C)[C@H](O)O1)C(C)(C)C)OC(=O)NC(C)C. The Hall–Kier alpha value is -3.61. The van der Waals surface area contributed by atoms with Crippen LogP contribution < -0.4 is 16.0 Å².